The van der Waals surface area contributed by atoms with Gasteiger partial charge >= 0.3 is 11.9 Å². The Hall–Kier alpha value is -1.19. The number of methoxy groups -OCH3 is 2. The molecule has 2 N–H and O–H groups in total. The number of carbonyl (C=O) groups is 2. The SMILES string of the molecule is CC[C@H](C)[C@H](NS(=O)(=O)N[C@@H](C(=O)OC)[C@@H](C)CC)C(=O)OC. The molecule has 0 bridgehead atoms. The summed E-state index contributed by atoms with van der Waals surface area (Å²) in [4.78, 5) is 23.6. The van der Waals surface area contributed by atoms with Crippen molar-refractivity contribution in [3.63, 3.8) is 0 Å². The Morgan fingerprint density at radius 1 is 0.870 bits per heavy atom. The van der Waals surface area contributed by atoms with Gasteiger partial charge in [-0.3, -0.25) is 9.59 Å². The lowest BCUT2D eigenvalue weighted by atomic mass is 10.0. The highest BCUT2D eigenvalue weighted by atomic mass is 32.2. The number of ether oxygens (including phenoxy) is 2. The molecule has 136 valence electrons. The maximum absolute atomic E-state index is 12.3. The molecule has 0 saturated heterocycles. The van der Waals surface area contributed by atoms with E-state index in [1.54, 1.807) is 13.8 Å². The zero-order valence-corrected chi connectivity index (χ0v) is 15.4. The van der Waals surface area contributed by atoms with E-state index in [0.29, 0.717) is 12.8 Å². The average molecular weight is 352 g/mol. The smallest absolute Gasteiger partial charge is 0.324 e. The molecule has 0 radical (unpaired) electrons. The molecule has 0 aromatic heterocycles. The zero-order valence-electron chi connectivity index (χ0n) is 14.6. The van der Waals surface area contributed by atoms with Gasteiger partial charge in [0, 0.05) is 0 Å². The van der Waals surface area contributed by atoms with E-state index in [1.165, 1.54) is 14.2 Å². The van der Waals surface area contributed by atoms with Crippen LogP contribution >= 0.6 is 0 Å². The first-order chi connectivity index (χ1) is 10.6. The number of hydrogen-bond donors (Lipinski definition) is 2. The summed E-state index contributed by atoms with van der Waals surface area (Å²) in [5.74, 6) is -1.89. The summed E-state index contributed by atoms with van der Waals surface area (Å²) >= 11 is 0. The minimum Gasteiger partial charge on any atom is -0.468 e. The summed E-state index contributed by atoms with van der Waals surface area (Å²) in [5.41, 5.74) is 0. The molecule has 0 aromatic carbocycles. The fraction of sp³-hybridized carbons (Fsp3) is 0.857. The van der Waals surface area contributed by atoms with E-state index in [9.17, 15) is 18.0 Å². The van der Waals surface area contributed by atoms with Crippen LogP contribution in [-0.4, -0.2) is 46.7 Å². The maximum atomic E-state index is 12.3. The lowest BCUT2D eigenvalue weighted by Crippen LogP contribution is -2.55. The fourth-order valence-electron chi connectivity index (χ4n) is 1.89. The van der Waals surface area contributed by atoms with E-state index in [-0.39, 0.29) is 11.8 Å². The molecule has 0 aliphatic carbocycles. The number of rotatable bonds is 10. The second-order valence-electron chi connectivity index (χ2n) is 5.51. The van der Waals surface area contributed by atoms with Crippen molar-refractivity contribution in [1.82, 2.24) is 9.44 Å². The largest absolute Gasteiger partial charge is 0.468 e. The molecule has 0 spiro atoms. The summed E-state index contributed by atoms with van der Waals surface area (Å²) in [6.45, 7) is 7.13. The second kappa shape index (κ2) is 9.84. The molecule has 0 amide bonds. The Morgan fingerprint density at radius 2 is 1.17 bits per heavy atom. The first kappa shape index (κ1) is 21.8. The summed E-state index contributed by atoms with van der Waals surface area (Å²) in [6, 6.07) is -2.06. The van der Waals surface area contributed by atoms with Gasteiger partial charge in [0.1, 0.15) is 12.1 Å². The van der Waals surface area contributed by atoms with Gasteiger partial charge in [-0.2, -0.15) is 17.9 Å². The van der Waals surface area contributed by atoms with Crippen molar-refractivity contribution in [2.75, 3.05) is 14.2 Å². The maximum Gasteiger partial charge on any atom is 0.324 e. The summed E-state index contributed by atoms with van der Waals surface area (Å²) in [7, 11) is -1.72. The van der Waals surface area contributed by atoms with Crippen molar-refractivity contribution >= 4 is 22.1 Å². The molecule has 0 aromatic rings. The Bertz CT molecular complexity index is 455. The summed E-state index contributed by atoms with van der Waals surface area (Å²) in [6.07, 6.45) is 1.15. The van der Waals surface area contributed by atoms with Crippen LogP contribution in [0.3, 0.4) is 0 Å². The first-order valence-electron chi connectivity index (χ1n) is 7.58. The van der Waals surface area contributed by atoms with Gasteiger partial charge in [0.2, 0.25) is 0 Å². The van der Waals surface area contributed by atoms with Crippen molar-refractivity contribution in [3.8, 4) is 0 Å². The molecule has 4 atom stereocenters. The van der Waals surface area contributed by atoms with Crippen molar-refractivity contribution in [1.29, 1.82) is 0 Å². The average Bonchev–Trinajstić information content (AvgIpc) is 2.54. The van der Waals surface area contributed by atoms with Crippen LogP contribution in [0.4, 0.5) is 0 Å². The first-order valence-corrected chi connectivity index (χ1v) is 9.06. The minimum atomic E-state index is -4.10. The second-order valence-corrected chi connectivity index (χ2v) is 6.99. The highest BCUT2D eigenvalue weighted by Gasteiger charge is 2.34. The Balaban J connectivity index is 5.28. The molecule has 0 unspecified atom stereocenters. The molecule has 8 nitrogen and oxygen atoms in total. The van der Waals surface area contributed by atoms with E-state index in [2.05, 4.69) is 18.9 Å². The van der Waals surface area contributed by atoms with E-state index >= 15 is 0 Å². The van der Waals surface area contributed by atoms with Crippen molar-refractivity contribution < 1.29 is 27.5 Å². The Morgan fingerprint density at radius 3 is 1.39 bits per heavy atom. The van der Waals surface area contributed by atoms with Gasteiger partial charge in [0.15, 0.2) is 0 Å². The van der Waals surface area contributed by atoms with Crippen LogP contribution in [0.2, 0.25) is 0 Å². The Labute approximate surface area is 138 Å². The van der Waals surface area contributed by atoms with E-state index in [1.807, 2.05) is 13.8 Å². The van der Waals surface area contributed by atoms with Crippen LogP contribution in [0.1, 0.15) is 40.5 Å². The van der Waals surface area contributed by atoms with E-state index in [0.717, 1.165) is 0 Å². The lowest BCUT2D eigenvalue weighted by Gasteiger charge is -2.25. The zero-order chi connectivity index (χ0) is 18.2. The molecule has 0 aliphatic rings. The molecular formula is C14H28N2O6S. The van der Waals surface area contributed by atoms with Gasteiger partial charge in [0.25, 0.3) is 10.2 Å². The van der Waals surface area contributed by atoms with E-state index in [4.69, 9.17) is 0 Å². The molecule has 0 rings (SSSR count). The minimum absolute atomic E-state index is 0.265. The topological polar surface area (TPSA) is 111 Å². The fourth-order valence-corrected chi connectivity index (χ4v) is 3.28. The number of hydrogen-bond acceptors (Lipinski definition) is 6. The standard InChI is InChI=1S/C14H28N2O6S/c1-7-9(3)11(13(17)21-5)15-23(19,20)16-12(10(4)8-2)14(18)22-6/h9-12,15-16H,7-8H2,1-6H3/t9-,10-,11-,12+/m0/s1. The molecule has 0 aliphatic heterocycles. The highest BCUT2D eigenvalue weighted by molar-refractivity contribution is 7.87. The third kappa shape index (κ3) is 6.84. The van der Waals surface area contributed by atoms with Gasteiger partial charge in [-0.05, 0) is 11.8 Å². The predicted molar refractivity (Wildman–Crippen MR) is 85.7 cm³/mol. The van der Waals surface area contributed by atoms with E-state index < -0.39 is 34.2 Å². The highest BCUT2D eigenvalue weighted by Crippen LogP contribution is 2.13. The van der Waals surface area contributed by atoms with Crippen LogP contribution < -0.4 is 9.44 Å². The van der Waals surface area contributed by atoms with Crippen LogP contribution in [0.25, 0.3) is 0 Å². The quantitative estimate of drug-likeness (QED) is 0.557. The number of carbonyl (C=O) groups excluding carboxylic acids is 2. The van der Waals surface area contributed by atoms with Gasteiger partial charge in [-0.25, -0.2) is 0 Å². The molecule has 0 heterocycles. The summed E-state index contributed by atoms with van der Waals surface area (Å²) < 4.78 is 38.4. The van der Waals surface area contributed by atoms with Crippen molar-refractivity contribution in [3.05, 3.63) is 0 Å². The Kier molecular flexibility index (Phi) is 9.33. The van der Waals surface area contributed by atoms with Crippen LogP contribution in [0.5, 0.6) is 0 Å². The van der Waals surface area contributed by atoms with Crippen LogP contribution in [-0.2, 0) is 29.3 Å². The van der Waals surface area contributed by atoms with Crippen molar-refractivity contribution in [2.45, 2.75) is 52.6 Å². The van der Waals surface area contributed by atoms with Gasteiger partial charge in [0.05, 0.1) is 14.2 Å². The van der Waals surface area contributed by atoms with Crippen LogP contribution in [0.15, 0.2) is 0 Å². The van der Waals surface area contributed by atoms with Crippen LogP contribution in [0, 0.1) is 11.8 Å². The predicted octanol–water partition coefficient (Wildman–Crippen LogP) is 0.586. The summed E-state index contributed by atoms with van der Waals surface area (Å²) in [5, 5.41) is 0. The normalized spacial score (nSPS) is 17.0. The van der Waals surface area contributed by atoms with Gasteiger partial charge in [-0.1, -0.05) is 40.5 Å². The molecule has 9 heteroatoms. The third-order valence-corrected chi connectivity index (χ3v) is 5.03. The van der Waals surface area contributed by atoms with Gasteiger partial charge in [-0.15, -0.1) is 0 Å². The number of nitrogens with one attached hydrogen (secondary N) is 2. The lowest BCUT2D eigenvalue weighted by molar-refractivity contribution is -0.144. The third-order valence-electron chi connectivity index (χ3n) is 3.90. The van der Waals surface area contributed by atoms with Crippen molar-refractivity contribution in [2.24, 2.45) is 11.8 Å². The molecule has 0 saturated carbocycles. The van der Waals surface area contributed by atoms with Gasteiger partial charge < -0.3 is 9.47 Å². The number of esters is 2. The molecule has 23 heavy (non-hydrogen) atoms. The molecule has 0 fully saturated rings. The monoisotopic (exact) mass is 352 g/mol. The molecular weight excluding hydrogens is 324 g/mol.